The van der Waals surface area contributed by atoms with E-state index in [1.54, 1.807) is 16.3 Å². The second kappa shape index (κ2) is 10.2. The van der Waals surface area contributed by atoms with E-state index in [1.807, 2.05) is 68.1 Å². The van der Waals surface area contributed by atoms with Crippen LogP contribution in [0.25, 0.3) is 5.00 Å². The number of hydrogen-bond acceptors (Lipinski definition) is 8. The number of thiophene rings is 1. The molecule has 1 N–H and O–H groups in total. The number of carbonyl (C=O) groups excluding carboxylic acids is 1. The Morgan fingerprint density at radius 3 is 2.70 bits per heavy atom. The molecule has 40 heavy (non-hydrogen) atoms. The molecule has 9 nitrogen and oxygen atoms in total. The molecular weight excluding hydrogens is 546 g/mol. The van der Waals surface area contributed by atoms with E-state index in [0.29, 0.717) is 29.0 Å². The second-order valence-electron chi connectivity index (χ2n) is 10.1. The summed E-state index contributed by atoms with van der Waals surface area (Å²) in [6.07, 6.45) is 0.100. The Morgan fingerprint density at radius 1 is 1.18 bits per heavy atom. The van der Waals surface area contributed by atoms with Gasteiger partial charge in [0.2, 0.25) is 11.8 Å². The zero-order valence-corrected chi connectivity index (χ0v) is 24.4. The summed E-state index contributed by atoms with van der Waals surface area (Å²) in [5.41, 5.74) is 6.52. The van der Waals surface area contributed by atoms with Crippen LogP contribution < -0.4 is 5.32 Å². The summed E-state index contributed by atoms with van der Waals surface area (Å²) in [6, 6.07) is 12.8. The molecule has 2 aliphatic heterocycles. The monoisotopic (exact) mass is 573 g/mol. The molecule has 0 radical (unpaired) electrons. The van der Waals surface area contributed by atoms with Crippen LogP contribution in [-0.2, 0) is 16.1 Å². The van der Waals surface area contributed by atoms with Crippen LogP contribution in [0.3, 0.4) is 0 Å². The lowest BCUT2D eigenvalue weighted by molar-refractivity contribution is -0.116. The van der Waals surface area contributed by atoms with Crippen LogP contribution in [0.4, 0.5) is 5.69 Å². The Morgan fingerprint density at radius 2 is 1.95 bits per heavy atom. The van der Waals surface area contributed by atoms with Gasteiger partial charge in [-0.1, -0.05) is 23.7 Å². The number of fused-ring (bicyclic) bond motifs is 4. The van der Waals surface area contributed by atoms with Crippen LogP contribution in [0.15, 0.2) is 52.6 Å². The molecule has 1 amide bonds. The van der Waals surface area contributed by atoms with Gasteiger partial charge in [0.05, 0.1) is 12.1 Å². The third kappa shape index (κ3) is 4.67. The molecule has 2 aliphatic rings. The zero-order chi connectivity index (χ0) is 28.1. The van der Waals surface area contributed by atoms with Crippen molar-refractivity contribution in [3.05, 3.63) is 91.8 Å². The standard InChI is InChI=1S/C29H28ClN7O2S/c1-15-16(2)40-29-25(15)26(18-6-8-20(30)9-7-18)32-23(27-34-33-17(3)37(27)29)13-24(38)31-21-10-11-22-19(12-21)14-39-28(22)35-36(4)5/h6-12,23H,13-14H2,1-5H3,(H,31,38)/b35-28-/t23-/m0/s1. The van der Waals surface area contributed by atoms with Crippen molar-refractivity contribution in [3.8, 4) is 5.00 Å². The molecule has 0 spiro atoms. The van der Waals surface area contributed by atoms with Crippen LogP contribution in [0.2, 0.25) is 5.02 Å². The van der Waals surface area contributed by atoms with Crippen molar-refractivity contribution in [3.63, 3.8) is 0 Å². The number of benzene rings is 2. The van der Waals surface area contributed by atoms with Gasteiger partial charge in [0.1, 0.15) is 23.5 Å². The van der Waals surface area contributed by atoms with Gasteiger partial charge in [-0.25, -0.2) is 0 Å². The van der Waals surface area contributed by atoms with E-state index >= 15 is 0 Å². The van der Waals surface area contributed by atoms with Gasteiger partial charge in [-0.15, -0.1) is 26.6 Å². The maximum Gasteiger partial charge on any atom is 0.238 e. The molecule has 0 saturated carbocycles. The number of nitrogens with one attached hydrogen (secondary N) is 1. The molecule has 0 aliphatic carbocycles. The lowest BCUT2D eigenvalue weighted by Crippen LogP contribution is -2.17. The summed E-state index contributed by atoms with van der Waals surface area (Å²) < 4.78 is 7.77. The number of carbonyl (C=O) groups is 1. The van der Waals surface area contributed by atoms with Crippen LogP contribution in [0, 0.1) is 20.8 Å². The Bertz CT molecular complexity index is 1700. The van der Waals surface area contributed by atoms with Gasteiger partial charge >= 0.3 is 0 Å². The van der Waals surface area contributed by atoms with Crippen LogP contribution in [0.1, 0.15) is 56.8 Å². The van der Waals surface area contributed by atoms with E-state index < -0.39 is 6.04 Å². The number of hydrogen-bond donors (Lipinski definition) is 1. The molecule has 0 saturated heterocycles. The average molecular weight is 574 g/mol. The quantitative estimate of drug-likeness (QED) is 0.314. The topological polar surface area (TPSA) is 97.0 Å². The molecule has 2 aromatic heterocycles. The van der Waals surface area contributed by atoms with Crippen molar-refractivity contribution in [1.82, 2.24) is 19.8 Å². The molecule has 4 aromatic rings. The molecule has 1 atom stereocenters. The first-order chi connectivity index (χ1) is 19.2. The Hall–Kier alpha value is -4.02. The number of halogens is 1. The number of aliphatic imine (C=N–C) groups is 1. The fraction of sp³-hybridized carbons (Fsp3) is 0.276. The molecule has 0 unspecified atom stereocenters. The normalized spacial score (nSPS) is 16.5. The third-order valence-electron chi connectivity index (χ3n) is 7.01. The van der Waals surface area contributed by atoms with Crippen LogP contribution >= 0.6 is 22.9 Å². The number of hydrazone groups is 1. The smallest absolute Gasteiger partial charge is 0.238 e. The summed E-state index contributed by atoms with van der Waals surface area (Å²) in [7, 11) is 3.70. The maximum atomic E-state index is 13.4. The minimum atomic E-state index is -0.539. The van der Waals surface area contributed by atoms with E-state index in [2.05, 4.69) is 34.5 Å². The molecule has 11 heteroatoms. The number of ether oxygens (including phenoxy) is 1. The molecular formula is C29H28ClN7O2S. The van der Waals surface area contributed by atoms with Crippen LogP contribution in [0.5, 0.6) is 0 Å². The van der Waals surface area contributed by atoms with Crippen molar-refractivity contribution in [2.24, 2.45) is 10.1 Å². The molecule has 0 bridgehead atoms. The average Bonchev–Trinajstić information content (AvgIpc) is 3.54. The largest absolute Gasteiger partial charge is 0.471 e. The Balaban J connectivity index is 1.35. The highest BCUT2D eigenvalue weighted by Gasteiger charge is 2.32. The van der Waals surface area contributed by atoms with Gasteiger partial charge in [0.25, 0.3) is 0 Å². The minimum absolute atomic E-state index is 0.100. The highest BCUT2D eigenvalue weighted by Crippen LogP contribution is 2.39. The Kier molecular flexibility index (Phi) is 6.67. The third-order valence-corrected chi connectivity index (χ3v) is 8.45. The summed E-state index contributed by atoms with van der Waals surface area (Å²) in [5.74, 6) is 1.80. The van der Waals surface area contributed by atoms with Crippen molar-refractivity contribution in [2.45, 2.75) is 39.8 Å². The summed E-state index contributed by atoms with van der Waals surface area (Å²) >= 11 is 7.89. The molecule has 6 rings (SSSR count). The van der Waals surface area contributed by atoms with Gasteiger partial charge in [-0.3, -0.25) is 19.4 Å². The highest BCUT2D eigenvalue weighted by atomic mass is 35.5. The summed E-state index contributed by atoms with van der Waals surface area (Å²) in [4.78, 5) is 19.8. The predicted octanol–water partition coefficient (Wildman–Crippen LogP) is 5.58. The van der Waals surface area contributed by atoms with Gasteiger partial charge in [0, 0.05) is 51.9 Å². The van der Waals surface area contributed by atoms with Crippen molar-refractivity contribution < 1.29 is 9.53 Å². The fourth-order valence-corrected chi connectivity index (χ4v) is 6.35. The first-order valence-corrected chi connectivity index (χ1v) is 14.1. The fourth-order valence-electron chi connectivity index (χ4n) is 5.01. The van der Waals surface area contributed by atoms with Gasteiger partial charge in [-0.2, -0.15) is 0 Å². The predicted molar refractivity (Wildman–Crippen MR) is 158 cm³/mol. The van der Waals surface area contributed by atoms with E-state index in [-0.39, 0.29) is 12.3 Å². The van der Waals surface area contributed by atoms with Crippen molar-refractivity contribution in [1.29, 1.82) is 0 Å². The van der Waals surface area contributed by atoms with E-state index in [9.17, 15) is 4.79 Å². The highest BCUT2D eigenvalue weighted by molar-refractivity contribution is 7.15. The van der Waals surface area contributed by atoms with Gasteiger partial charge < -0.3 is 10.1 Å². The Labute approximate surface area is 241 Å². The lowest BCUT2D eigenvalue weighted by atomic mass is 9.99. The number of amides is 1. The minimum Gasteiger partial charge on any atom is -0.471 e. The SMILES string of the molecule is Cc1sc2c(c1C)C(c1ccc(Cl)cc1)=N[C@@H](CC(=O)Nc1ccc3c(c1)CO/C3=N\N(C)C)c1nnc(C)n1-2. The van der Waals surface area contributed by atoms with Crippen LogP contribution in [-0.4, -0.2) is 51.4 Å². The second-order valence-corrected chi connectivity index (χ2v) is 11.7. The molecule has 204 valence electrons. The number of rotatable bonds is 5. The molecule has 4 heterocycles. The summed E-state index contributed by atoms with van der Waals surface area (Å²) in [6.45, 7) is 6.55. The number of nitrogens with zero attached hydrogens (tertiary/aromatic N) is 6. The first kappa shape index (κ1) is 26.2. The lowest BCUT2D eigenvalue weighted by Gasteiger charge is -2.13. The van der Waals surface area contributed by atoms with E-state index in [1.165, 1.54) is 4.88 Å². The van der Waals surface area contributed by atoms with Crippen molar-refractivity contribution in [2.75, 3.05) is 19.4 Å². The summed E-state index contributed by atoms with van der Waals surface area (Å²) in [5, 5.41) is 19.7. The number of anilines is 1. The van der Waals surface area contributed by atoms with E-state index in [4.69, 9.17) is 21.3 Å². The molecule has 2 aromatic carbocycles. The maximum absolute atomic E-state index is 13.4. The first-order valence-electron chi connectivity index (χ1n) is 12.9. The zero-order valence-electron chi connectivity index (χ0n) is 22.8. The van der Waals surface area contributed by atoms with Gasteiger partial charge in [0.15, 0.2) is 5.82 Å². The van der Waals surface area contributed by atoms with Gasteiger partial charge in [-0.05, 0) is 56.7 Å². The van der Waals surface area contributed by atoms with Crippen molar-refractivity contribution >= 4 is 46.1 Å². The number of aryl methyl sites for hydroxylation is 2. The van der Waals surface area contributed by atoms with E-state index in [0.717, 1.165) is 44.4 Å². The number of aromatic nitrogens is 3. The molecule has 0 fully saturated rings.